The minimum absolute atomic E-state index is 0.473. The zero-order valence-corrected chi connectivity index (χ0v) is 12.3. The highest BCUT2D eigenvalue weighted by Gasteiger charge is 2.10. The van der Waals surface area contributed by atoms with Gasteiger partial charge in [0, 0.05) is 24.6 Å². The lowest BCUT2D eigenvalue weighted by molar-refractivity contribution is 0.484. The maximum absolute atomic E-state index is 6.22. The van der Waals surface area contributed by atoms with E-state index < -0.39 is 0 Å². The molecule has 2 rings (SSSR count). The molecule has 3 nitrogen and oxygen atoms in total. The lowest BCUT2D eigenvalue weighted by atomic mass is 10.1. The Balaban J connectivity index is 2.08. The van der Waals surface area contributed by atoms with Crippen LogP contribution in [0.3, 0.4) is 0 Å². The van der Waals surface area contributed by atoms with Gasteiger partial charge in [0.05, 0.1) is 11.2 Å². The van der Waals surface area contributed by atoms with Crippen molar-refractivity contribution in [3.63, 3.8) is 0 Å². The number of aryl methyl sites for hydroxylation is 1. The van der Waals surface area contributed by atoms with Gasteiger partial charge in [-0.25, -0.2) is 4.98 Å². The quantitative estimate of drug-likeness (QED) is 0.903. The summed E-state index contributed by atoms with van der Waals surface area (Å²) >= 11 is 6.22. The van der Waals surface area contributed by atoms with Crippen LogP contribution in [0.4, 0.5) is 0 Å². The van der Waals surface area contributed by atoms with Gasteiger partial charge in [-0.1, -0.05) is 31.5 Å². The van der Waals surface area contributed by atoms with Crippen molar-refractivity contribution in [3.05, 3.63) is 40.9 Å². The predicted octanol–water partition coefficient (Wildman–Crippen LogP) is 3.84. The van der Waals surface area contributed by atoms with Crippen LogP contribution in [0.5, 0.6) is 0 Å². The highest BCUT2D eigenvalue weighted by atomic mass is 35.5. The van der Waals surface area contributed by atoms with E-state index in [0.717, 1.165) is 35.7 Å². The van der Waals surface area contributed by atoms with E-state index in [4.69, 9.17) is 16.0 Å². The number of aromatic nitrogens is 1. The van der Waals surface area contributed by atoms with Crippen molar-refractivity contribution in [3.8, 4) is 11.3 Å². The van der Waals surface area contributed by atoms with Crippen LogP contribution in [-0.2, 0) is 6.42 Å². The van der Waals surface area contributed by atoms with Crippen molar-refractivity contribution in [1.82, 2.24) is 10.3 Å². The second-order valence-corrected chi connectivity index (χ2v) is 5.37. The summed E-state index contributed by atoms with van der Waals surface area (Å²) in [6.07, 6.45) is 2.52. The monoisotopic (exact) mass is 278 g/mol. The molecule has 102 valence electrons. The SMILES string of the molecule is Cc1ccc(-c2cnc(CCNC(C)C)o2)c(Cl)c1. The Labute approximate surface area is 119 Å². The van der Waals surface area contributed by atoms with Gasteiger partial charge < -0.3 is 9.73 Å². The summed E-state index contributed by atoms with van der Waals surface area (Å²) in [5.74, 6) is 1.46. The molecular weight excluding hydrogens is 260 g/mol. The van der Waals surface area contributed by atoms with E-state index in [1.807, 2.05) is 25.1 Å². The van der Waals surface area contributed by atoms with Crippen LogP contribution in [0, 0.1) is 6.92 Å². The lowest BCUT2D eigenvalue weighted by Gasteiger charge is -2.05. The van der Waals surface area contributed by atoms with E-state index in [9.17, 15) is 0 Å². The van der Waals surface area contributed by atoms with Gasteiger partial charge in [-0.2, -0.15) is 0 Å². The normalized spacial score (nSPS) is 11.2. The molecule has 2 aromatic rings. The minimum Gasteiger partial charge on any atom is -0.441 e. The molecule has 0 aliphatic carbocycles. The molecule has 0 radical (unpaired) electrons. The molecule has 0 saturated carbocycles. The van der Waals surface area contributed by atoms with Crippen molar-refractivity contribution in [2.24, 2.45) is 0 Å². The molecule has 4 heteroatoms. The highest BCUT2D eigenvalue weighted by molar-refractivity contribution is 6.33. The molecule has 1 aromatic carbocycles. The zero-order valence-electron chi connectivity index (χ0n) is 11.5. The smallest absolute Gasteiger partial charge is 0.196 e. The first-order valence-electron chi connectivity index (χ1n) is 6.51. The first-order chi connectivity index (χ1) is 9.06. The molecule has 1 aromatic heterocycles. The van der Waals surface area contributed by atoms with E-state index in [2.05, 4.69) is 24.1 Å². The molecule has 0 spiro atoms. The van der Waals surface area contributed by atoms with Gasteiger partial charge in [-0.3, -0.25) is 0 Å². The molecule has 0 amide bonds. The molecular formula is C15H19ClN2O. The van der Waals surface area contributed by atoms with E-state index in [1.54, 1.807) is 6.20 Å². The summed E-state index contributed by atoms with van der Waals surface area (Å²) in [6, 6.07) is 6.39. The zero-order chi connectivity index (χ0) is 13.8. The largest absolute Gasteiger partial charge is 0.441 e. The van der Waals surface area contributed by atoms with E-state index >= 15 is 0 Å². The fraction of sp³-hybridized carbons (Fsp3) is 0.400. The van der Waals surface area contributed by atoms with E-state index in [-0.39, 0.29) is 0 Å². The highest BCUT2D eigenvalue weighted by Crippen LogP contribution is 2.29. The average Bonchev–Trinajstić information content (AvgIpc) is 2.77. The van der Waals surface area contributed by atoms with E-state index in [0.29, 0.717) is 11.1 Å². The number of nitrogens with one attached hydrogen (secondary N) is 1. The first-order valence-corrected chi connectivity index (χ1v) is 6.88. The second-order valence-electron chi connectivity index (χ2n) is 4.96. The Morgan fingerprint density at radius 1 is 1.37 bits per heavy atom. The Morgan fingerprint density at radius 2 is 2.16 bits per heavy atom. The molecule has 19 heavy (non-hydrogen) atoms. The standard InChI is InChI=1S/C15H19ClN2O/c1-10(2)17-7-6-15-18-9-14(19-15)12-5-4-11(3)8-13(12)16/h4-5,8-10,17H,6-7H2,1-3H3. The van der Waals surface area contributed by atoms with Crippen LogP contribution in [0.15, 0.2) is 28.8 Å². The summed E-state index contributed by atoms with van der Waals surface area (Å²) in [4.78, 5) is 4.29. The number of halogens is 1. The van der Waals surface area contributed by atoms with Gasteiger partial charge in [-0.05, 0) is 24.6 Å². The Bertz CT molecular complexity index is 549. The molecule has 1 heterocycles. The van der Waals surface area contributed by atoms with Crippen LogP contribution in [0.2, 0.25) is 5.02 Å². The molecule has 0 aliphatic heterocycles. The van der Waals surface area contributed by atoms with Gasteiger partial charge in [-0.15, -0.1) is 0 Å². The number of nitrogens with zero attached hydrogens (tertiary/aromatic N) is 1. The Hall–Kier alpha value is -1.32. The van der Waals surface area contributed by atoms with Crippen molar-refractivity contribution in [1.29, 1.82) is 0 Å². The third kappa shape index (κ3) is 3.82. The van der Waals surface area contributed by atoms with Crippen LogP contribution in [0.25, 0.3) is 11.3 Å². The number of rotatable bonds is 5. The molecule has 0 aliphatic rings. The van der Waals surface area contributed by atoms with Gasteiger partial charge in [0.1, 0.15) is 0 Å². The summed E-state index contributed by atoms with van der Waals surface area (Å²) in [6.45, 7) is 7.11. The molecule has 0 fully saturated rings. The molecule has 0 atom stereocenters. The van der Waals surface area contributed by atoms with Crippen molar-refractivity contribution in [2.45, 2.75) is 33.2 Å². The van der Waals surface area contributed by atoms with Gasteiger partial charge >= 0.3 is 0 Å². The summed E-state index contributed by atoms with van der Waals surface area (Å²) in [5.41, 5.74) is 2.03. The fourth-order valence-corrected chi connectivity index (χ4v) is 2.17. The lowest BCUT2D eigenvalue weighted by Crippen LogP contribution is -2.24. The predicted molar refractivity (Wildman–Crippen MR) is 78.5 cm³/mol. The van der Waals surface area contributed by atoms with Crippen LogP contribution >= 0.6 is 11.6 Å². The number of hydrogen-bond acceptors (Lipinski definition) is 3. The third-order valence-electron chi connectivity index (χ3n) is 2.84. The van der Waals surface area contributed by atoms with Crippen LogP contribution < -0.4 is 5.32 Å². The van der Waals surface area contributed by atoms with Crippen molar-refractivity contribution in [2.75, 3.05) is 6.54 Å². The third-order valence-corrected chi connectivity index (χ3v) is 3.15. The number of hydrogen-bond donors (Lipinski definition) is 1. The first kappa shape index (κ1) is 14.1. The maximum Gasteiger partial charge on any atom is 0.196 e. The van der Waals surface area contributed by atoms with Crippen LogP contribution in [-0.4, -0.2) is 17.6 Å². The average molecular weight is 279 g/mol. The summed E-state index contributed by atoms with van der Waals surface area (Å²) in [7, 11) is 0. The maximum atomic E-state index is 6.22. The molecule has 0 saturated heterocycles. The second kappa shape index (κ2) is 6.22. The molecule has 0 unspecified atom stereocenters. The summed E-state index contributed by atoms with van der Waals surface area (Å²) in [5, 5.41) is 4.03. The summed E-state index contributed by atoms with van der Waals surface area (Å²) < 4.78 is 5.74. The van der Waals surface area contributed by atoms with Gasteiger partial charge in [0.2, 0.25) is 0 Å². The van der Waals surface area contributed by atoms with Crippen LogP contribution in [0.1, 0.15) is 25.3 Å². The Morgan fingerprint density at radius 3 is 2.84 bits per heavy atom. The van der Waals surface area contributed by atoms with Crippen molar-refractivity contribution < 1.29 is 4.42 Å². The fourth-order valence-electron chi connectivity index (χ4n) is 1.84. The minimum atomic E-state index is 0.473. The number of benzene rings is 1. The van der Waals surface area contributed by atoms with Crippen molar-refractivity contribution >= 4 is 11.6 Å². The number of oxazole rings is 1. The molecule has 1 N–H and O–H groups in total. The van der Waals surface area contributed by atoms with E-state index in [1.165, 1.54) is 0 Å². The van der Waals surface area contributed by atoms with Gasteiger partial charge in [0.15, 0.2) is 11.7 Å². The van der Waals surface area contributed by atoms with Gasteiger partial charge in [0.25, 0.3) is 0 Å². The molecule has 0 bridgehead atoms. The topological polar surface area (TPSA) is 38.1 Å². The Kier molecular flexibility index (Phi) is 4.61.